The Hall–Kier alpha value is -1.10. The van der Waals surface area contributed by atoms with Crippen LogP contribution in [-0.2, 0) is 36.3 Å². The molecule has 1 aliphatic rings. The van der Waals surface area contributed by atoms with E-state index in [4.69, 9.17) is 29.9 Å². The number of aliphatic hydroxyl groups is 1. The number of methoxy groups -OCH3 is 1. The lowest BCUT2D eigenvalue weighted by molar-refractivity contribution is -0.258. The predicted octanol–water partition coefficient (Wildman–Crippen LogP) is -1.26. The van der Waals surface area contributed by atoms with E-state index in [9.17, 15) is 32.9 Å². The minimum atomic E-state index is -5.82. The molecular weight excluding hydrogens is 498 g/mol. The molecule has 0 aliphatic carbocycles. The molecule has 2 rings (SSSR count). The lowest BCUT2D eigenvalue weighted by atomic mass is 10.1. The van der Waals surface area contributed by atoms with Crippen molar-refractivity contribution in [1.82, 2.24) is 9.55 Å². The van der Waals surface area contributed by atoms with E-state index in [1.165, 1.54) is 0 Å². The number of nitrogens with zero attached hydrogens (tertiary/aromatic N) is 2. The van der Waals surface area contributed by atoms with Crippen molar-refractivity contribution in [2.75, 3.05) is 19.5 Å². The van der Waals surface area contributed by atoms with Crippen LogP contribution in [0.1, 0.15) is 6.23 Å². The average molecular weight is 515 g/mol. The monoisotopic (exact) mass is 515 g/mol. The second-order valence-corrected chi connectivity index (χ2v) is 10.2. The summed E-state index contributed by atoms with van der Waals surface area (Å²) in [4.78, 5) is 50.8. The number of phosphoric ester groups is 1. The molecule has 178 valence electrons. The zero-order valence-electron chi connectivity index (χ0n) is 15.2. The Morgan fingerprint density at radius 2 is 1.87 bits per heavy atom. The second kappa shape index (κ2) is 9.03. The van der Waals surface area contributed by atoms with Gasteiger partial charge in [0.25, 0.3) is 0 Å². The molecule has 1 aromatic heterocycles. The van der Waals surface area contributed by atoms with E-state index in [2.05, 4.69) is 18.1 Å². The Balaban J connectivity index is 2.20. The van der Waals surface area contributed by atoms with Gasteiger partial charge in [0.15, 0.2) is 12.4 Å². The quantitative estimate of drug-likeness (QED) is 0.210. The average Bonchev–Trinajstić information content (AvgIpc) is 2.82. The molecule has 0 amide bonds. The summed E-state index contributed by atoms with van der Waals surface area (Å²) in [6, 6.07) is 1.13. The molecule has 0 bridgehead atoms. The number of hydrogen-bond acceptors (Lipinski definition) is 12. The molecule has 0 saturated carbocycles. The Morgan fingerprint density at radius 3 is 2.39 bits per heavy atom. The van der Waals surface area contributed by atoms with Crippen molar-refractivity contribution in [3.05, 3.63) is 22.7 Å². The highest BCUT2D eigenvalue weighted by atomic mass is 31.3. The fourth-order valence-electron chi connectivity index (χ4n) is 2.39. The van der Waals surface area contributed by atoms with Gasteiger partial charge in [-0.05, 0) is 6.07 Å². The summed E-state index contributed by atoms with van der Waals surface area (Å²) < 4.78 is 70.4. The van der Waals surface area contributed by atoms with Crippen molar-refractivity contribution in [1.29, 1.82) is 0 Å². The Bertz CT molecular complexity index is 1020. The van der Waals surface area contributed by atoms with Crippen LogP contribution in [0.2, 0.25) is 0 Å². The molecule has 1 aliphatic heterocycles. The van der Waals surface area contributed by atoms with E-state index >= 15 is 0 Å². The summed E-state index contributed by atoms with van der Waals surface area (Å²) in [6.07, 6.45) is -5.36. The molecule has 0 aromatic carbocycles. The third-order valence-corrected chi connectivity index (χ3v) is 7.43. The van der Waals surface area contributed by atoms with Gasteiger partial charge < -0.3 is 39.9 Å². The highest BCUT2D eigenvalue weighted by Crippen LogP contribution is 2.66. The number of anilines is 1. The van der Waals surface area contributed by atoms with Crippen LogP contribution in [-0.4, -0.2) is 66.0 Å². The van der Waals surface area contributed by atoms with Crippen molar-refractivity contribution in [2.45, 2.75) is 24.3 Å². The number of phosphoric acid groups is 3. The molecule has 6 atom stereocenters. The molecule has 1 fully saturated rings. The maximum absolute atomic E-state index is 14.7. The Labute approximate surface area is 171 Å². The lowest BCUT2D eigenvalue weighted by Gasteiger charge is -2.29. The van der Waals surface area contributed by atoms with Gasteiger partial charge in [0, 0.05) is 13.3 Å². The molecule has 31 heavy (non-hydrogen) atoms. The fraction of sp³-hybridized carbons (Fsp3) is 0.600. The summed E-state index contributed by atoms with van der Waals surface area (Å²) in [5, 5.41) is 10.1. The number of halogens is 1. The Morgan fingerprint density at radius 1 is 1.26 bits per heavy atom. The van der Waals surface area contributed by atoms with Crippen LogP contribution in [0.3, 0.4) is 0 Å². The summed E-state index contributed by atoms with van der Waals surface area (Å²) in [7, 11) is -16.2. The molecule has 21 heteroatoms. The van der Waals surface area contributed by atoms with Crippen LogP contribution in [0.15, 0.2) is 17.1 Å². The van der Waals surface area contributed by atoms with Gasteiger partial charge in [-0.2, -0.15) is 13.6 Å². The van der Waals surface area contributed by atoms with E-state index < -0.39 is 60.1 Å². The minimum Gasteiger partial charge on any atom is -0.385 e. The van der Waals surface area contributed by atoms with Crippen molar-refractivity contribution in [3.63, 3.8) is 0 Å². The van der Waals surface area contributed by atoms with Gasteiger partial charge in [0.05, 0.1) is 0 Å². The topological polar surface area (TPSA) is 259 Å². The molecule has 7 N–H and O–H groups in total. The summed E-state index contributed by atoms with van der Waals surface area (Å²) in [6.45, 7) is -1.38. The number of aliphatic hydroxyl groups excluding tert-OH is 1. The first kappa shape index (κ1) is 26.2. The Kier molecular flexibility index (Phi) is 7.62. The number of ether oxygens (including phenoxy) is 2. The fourth-order valence-corrected chi connectivity index (χ4v) is 5.43. The van der Waals surface area contributed by atoms with Crippen LogP contribution >= 0.6 is 23.5 Å². The first-order valence-electron chi connectivity index (χ1n) is 7.69. The van der Waals surface area contributed by atoms with E-state index in [1.54, 1.807) is 0 Å². The molecule has 17 nitrogen and oxygen atoms in total. The maximum atomic E-state index is 14.7. The highest BCUT2D eigenvalue weighted by Gasteiger charge is 2.58. The number of aromatic nitrogens is 2. The van der Waals surface area contributed by atoms with Gasteiger partial charge in [0.1, 0.15) is 18.5 Å². The second-order valence-electron chi connectivity index (χ2n) is 5.82. The van der Waals surface area contributed by atoms with E-state index in [1.807, 2.05) is 0 Å². The SMILES string of the molecule is CO[C@]1(COP(=O)(O)OP(=O)(O)OP(=O)(O)O)O[C@@H](n2ccc(N)nc2=O)[C@H](O)[C@@H]1F. The number of alkyl halides is 1. The zero-order chi connectivity index (χ0) is 23.8. The van der Waals surface area contributed by atoms with E-state index in [-0.39, 0.29) is 5.82 Å². The molecular formula is C10H17FN3O14P3. The summed E-state index contributed by atoms with van der Waals surface area (Å²) >= 11 is 0. The highest BCUT2D eigenvalue weighted by molar-refractivity contribution is 7.66. The maximum Gasteiger partial charge on any atom is 0.490 e. The van der Waals surface area contributed by atoms with Crippen LogP contribution < -0.4 is 11.4 Å². The van der Waals surface area contributed by atoms with Gasteiger partial charge in [0.2, 0.25) is 5.79 Å². The van der Waals surface area contributed by atoms with Crippen LogP contribution in [0.5, 0.6) is 0 Å². The van der Waals surface area contributed by atoms with Gasteiger partial charge in [-0.25, -0.2) is 22.9 Å². The van der Waals surface area contributed by atoms with Crippen molar-refractivity contribution in [2.24, 2.45) is 0 Å². The largest absolute Gasteiger partial charge is 0.490 e. The lowest BCUT2D eigenvalue weighted by Crippen LogP contribution is -2.46. The molecule has 2 heterocycles. The van der Waals surface area contributed by atoms with Gasteiger partial charge in [-0.15, -0.1) is 0 Å². The van der Waals surface area contributed by atoms with Gasteiger partial charge in [-0.1, -0.05) is 0 Å². The van der Waals surface area contributed by atoms with Crippen LogP contribution in [0.4, 0.5) is 10.2 Å². The molecule has 1 saturated heterocycles. The van der Waals surface area contributed by atoms with Gasteiger partial charge in [-0.3, -0.25) is 9.09 Å². The van der Waals surface area contributed by atoms with Crippen LogP contribution in [0, 0.1) is 0 Å². The summed E-state index contributed by atoms with van der Waals surface area (Å²) in [5.41, 5.74) is 4.28. The van der Waals surface area contributed by atoms with Crippen LogP contribution in [0.25, 0.3) is 0 Å². The molecule has 2 unspecified atom stereocenters. The number of rotatable bonds is 9. The molecule has 0 radical (unpaired) electrons. The van der Waals surface area contributed by atoms with Crippen molar-refractivity contribution < 1.29 is 65.4 Å². The minimum absolute atomic E-state index is 0.184. The zero-order valence-corrected chi connectivity index (χ0v) is 17.9. The number of hydrogen-bond donors (Lipinski definition) is 6. The standard InChI is InChI=1S/C10H17FN3O14P3/c1-24-10(4-25-30(20,21)28-31(22,23)27-29(17,18)19)7(11)6(15)8(26-10)14-3-2-5(12)13-9(14)16/h2-3,6-8,15H,4H2,1H3,(H,20,21)(H,22,23)(H2,12,13,16)(H2,17,18,19)/t6-,7+,8-,10-/m1/s1. The first-order valence-corrected chi connectivity index (χ1v) is 12.2. The van der Waals surface area contributed by atoms with Crippen molar-refractivity contribution in [3.8, 4) is 0 Å². The van der Waals surface area contributed by atoms with Crippen molar-refractivity contribution >= 4 is 29.3 Å². The smallest absolute Gasteiger partial charge is 0.385 e. The van der Waals surface area contributed by atoms with Gasteiger partial charge >= 0.3 is 29.2 Å². The normalized spacial score (nSPS) is 30.6. The number of nitrogens with two attached hydrogens (primary N) is 1. The third-order valence-electron chi connectivity index (χ3n) is 3.65. The molecule has 1 aromatic rings. The predicted molar refractivity (Wildman–Crippen MR) is 93.5 cm³/mol. The molecule has 0 spiro atoms. The summed E-state index contributed by atoms with van der Waals surface area (Å²) in [5.74, 6) is -2.83. The van der Waals surface area contributed by atoms with E-state index in [0.29, 0.717) is 4.57 Å². The first-order chi connectivity index (χ1) is 14.0. The van der Waals surface area contributed by atoms with E-state index in [0.717, 1.165) is 19.4 Å². The number of nitrogen functional groups attached to an aromatic ring is 1. The third kappa shape index (κ3) is 6.46.